The smallest absolute Gasteiger partial charge is 0.124 e. The van der Waals surface area contributed by atoms with Crippen molar-refractivity contribution < 1.29 is 13.9 Å². The van der Waals surface area contributed by atoms with Crippen LogP contribution in [0.5, 0.6) is 5.75 Å². The minimum Gasteiger partial charge on any atom is -0.492 e. The number of rotatable bonds is 6. The third-order valence-electron chi connectivity index (χ3n) is 4.78. The zero-order valence-electron chi connectivity index (χ0n) is 15.9. The molecule has 1 aliphatic rings. The Hall–Kier alpha value is -2.28. The van der Waals surface area contributed by atoms with E-state index >= 15 is 0 Å². The maximum absolute atomic E-state index is 13.5. The molecule has 0 atom stereocenters. The third kappa shape index (κ3) is 4.58. The van der Waals surface area contributed by atoms with Gasteiger partial charge in [-0.05, 0) is 43.3 Å². The molecule has 0 unspecified atom stereocenters. The van der Waals surface area contributed by atoms with Crippen molar-refractivity contribution in [2.75, 3.05) is 39.5 Å². The van der Waals surface area contributed by atoms with Crippen molar-refractivity contribution in [1.82, 2.24) is 9.88 Å². The van der Waals surface area contributed by atoms with Crippen molar-refractivity contribution in [2.45, 2.75) is 6.92 Å². The molecular weight excluding hydrogens is 375 g/mol. The Balaban J connectivity index is 1.41. The summed E-state index contributed by atoms with van der Waals surface area (Å²) in [6.45, 7) is 7.17. The summed E-state index contributed by atoms with van der Waals surface area (Å²) in [6, 6.07) is 14.6. The lowest BCUT2D eigenvalue weighted by atomic mass is 10.1. The van der Waals surface area contributed by atoms with Gasteiger partial charge in [0, 0.05) is 35.6 Å². The lowest BCUT2D eigenvalue weighted by Gasteiger charge is -2.26. The van der Waals surface area contributed by atoms with Gasteiger partial charge in [0.05, 0.1) is 18.9 Å². The largest absolute Gasteiger partial charge is 0.492 e. The van der Waals surface area contributed by atoms with E-state index in [1.54, 1.807) is 17.4 Å². The molecule has 2 aromatic carbocycles. The molecule has 1 saturated heterocycles. The molecule has 0 aliphatic carbocycles. The maximum atomic E-state index is 13.5. The van der Waals surface area contributed by atoms with E-state index in [9.17, 15) is 4.39 Å². The number of ether oxygens (including phenoxy) is 2. The Morgan fingerprint density at radius 1 is 1.11 bits per heavy atom. The molecule has 1 aliphatic heterocycles. The summed E-state index contributed by atoms with van der Waals surface area (Å²) in [5.41, 5.74) is 2.78. The third-order valence-corrected chi connectivity index (χ3v) is 5.80. The van der Waals surface area contributed by atoms with E-state index in [-0.39, 0.29) is 5.82 Å². The first kappa shape index (κ1) is 19.1. The molecule has 0 saturated carbocycles. The monoisotopic (exact) mass is 398 g/mol. The minimum atomic E-state index is -0.245. The van der Waals surface area contributed by atoms with Crippen LogP contribution >= 0.6 is 11.3 Å². The predicted octanol–water partition coefficient (Wildman–Crippen LogP) is 4.64. The molecule has 1 fully saturated rings. The first-order valence-corrected chi connectivity index (χ1v) is 10.3. The van der Waals surface area contributed by atoms with Gasteiger partial charge in [-0.3, -0.25) is 4.90 Å². The summed E-state index contributed by atoms with van der Waals surface area (Å²) >= 11 is 1.58. The van der Waals surface area contributed by atoms with Gasteiger partial charge in [-0.1, -0.05) is 12.1 Å². The summed E-state index contributed by atoms with van der Waals surface area (Å²) < 4.78 is 24.7. The van der Waals surface area contributed by atoms with Crippen LogP contribution in [0.2, 0.25) is 0 Å². The van der Waals surface area contributed by atoms with Gasteiger partial charge in [0.1, 0.15) is 23.2 Å². The number of nitrogens with zero attached hydrogens (tertiary/aromatic N) is 2. The zero-order chi connectivity index (χ0) is 19.3. The SMILES string of the molecule is Cc1sc(-c2cccc(F)c2)nc1-c1ccc(OCCN2CCOCC2)cc1. The molecule has 6 heteroatoms. The summed E-state index contributed by atoms with van der Waals surface area (Å²) in [5.74, 6) is 0.612. The minimum absolute atomic E-state index is 0.245. The van der Waals surface area contributed by atoms with Gasteiger partial charge in [0.15, 0.2) is 0 Å². The summed E-state index contributed by atoms with van der Waals surface area (Å²) in [6.07, 6.45) is 0. The van der Waals surface area contributed by atoms with Gasteiger partial charge in [-0.15, -0.1) is 11.3 Å². The zero-order valence-corrected chi connectivity index (χ0v) is 16.7. The molecule has 0 bridgehead atoms. The van der Waals surface area contributed by atoms with Gasteiger partial charge < -0.3 is 9.47 Å². The molecular formula is C22H23FN2O2S. The van der Waals surface area contributed by atoms with Gasteiger partial charge >= 0.3 is 0 Å². The normalized spacial score (nSPS) is 14.9. The van der Waals surface area contributed by atoms with Crippen LogP contribution in [0.1, 0.15) is 4.88 Å². The van der Waals surface area contributed by atoms with Gasteiger partial charge in [-0.25, -0.2) is 9.37 Å². The van der Waals surface area contributed by atoms with E-state index in [4.69, 9.17) is 14.5 Å². The topological polar surface area (TPSA) is 34.6 Å². The van der Waals surface area contributed by atoms with E-state index in [1.165, 1.54) is 12.1 Å². The fraction of sp³-hybridized carbons (Fsp3) is 0.318. The summed E-state index contributed by atoms with van der Waals surface area (Å²) in [5, 5.41) is 0.831. The predicted molar refractivity (Wildman–Crippen MR) is 110 cm³/mol. The maximum Gasteiger partial charge on any atom is 0.124 e. The van der Waals surface area contributed by atoms with Crippen LogP contribution in [0.25, 0.3) is 21.8 Å². The first-order valence-electron chi connectivity index (χ1n) is 9.46. The van der Waals surface area contributed by atoms with Crippen molar-refractivity contribution in [1.29, 1.82) is 0 Å². The lowest BCUT2D eigenvalue weighted by Crippen LogP contribution is -2.38. The second-order valence-corrected chi connectivity index (χ2v) is 7.96. The standard InChI is InChI=1S/C22H23FN2O2S/c1-16-21(24-22(28-16)18-3-2-4-19(23)15-18)17-5-7-20(8-6-17)27-14-11-25-9-12-26-13-10-25/h2-8,15H,9-14H2,1H3. The van der Waals surface area contributed by atoms with E-state index in [1.807, 2.05) is 37.3 Å². The molecule has 28 heavy (non-hydrogen) atoms. The number of hydrogen-bond acceptors (Lipinski definition) is 5. The summed E-state index contributed by atoms with van der Waals surface area (Å²) in [4.78, 5) is 8.20. The van der Waals surface area contributed by atoms with Crippen molar-refractivity contribution >= 4 is 11.3 Å². The fourth-order valence-electron chi connectivity index (χ4n) is 3.24. The second kappa shape index (κ2) is 8.82. The number of benzene rings is 2. The number of thiazole rings is 1. The number of aryl methyl sites for hydroxylation is 1. The molecule has 0 radical (unpaired) electrons. The molecule has 1 aromatic heterocycles. The van der Waals surface area contributed by atoms with E-state index in [0.717, 1.165) is 65.3 Å². The van der Waals surface area contributed by atoms with Crippen LogP contribution in [0.15, 0.2) is 48.5 Å². The van der Waals surface area contributed by atoms with Crippen LogP contribution in [0, 0.1) is 12.7 Å². The van der Waals surface area contributed by atoms with E-state index in [2.05, 4.69) is 4.90 Å². The number of morpholine rings is 1. The first-order chi connectivity index (χ1) is 13.7. The highest BCUT2D eigenvalue weighted by Crippen LogP contribution is 2.34. The molecule has 0 amide bonds. The van der Waals surface area contributed by atoms with Gasteiger partial charge in [0.2, 0.25) is 0 Å². The van der Waals surface area contributed by atoms with Crippen molar-refractivity contribution in [3.8, 4) is 27.6 Å². The van der Waals surface area contributed by atoms with Crippen LogP contribution in [-0.2, 0) is 4.74 Å². The van der Waals surface area contributed by atoms with Crippen molar-refractivity contribution in [3.05, 3.63) is 59.2 Å². The number of hydrogen-bond donors (Lipinski definition) is 0. The Bertz CT molecular complexity index is 921. The van der Waals surface area contributed by atoms with Crippen LogP contribution in [0.4, 0.5) is 4.39 Å². The Morgan fingerprint density at radius 3 is 2.64 bits per heavy atom. The van der Waals surface area contributed by atoms with Crippen LogP contribution in [0.3, 0.4) is 0 Å². The Labute approximate surface area is 168 Å². The highest BCUT2D eigenvalue weighted by molar-refractivity contribution is 7.15. The molecule has 0 spiro atoms. The van der Waals surface area contributed by atoms with Crippen molar-refractivity contribution in [3.63, 3.8) is 0 Å². The average molecular weight is 399 g/mol. The quantitative estimate of drug-likeness (QED) is 0.606. The van der Waals surface area contributed by atoms with Crippen LogP contribution in [-0.4, -0.2) is 49.3 Å². The number of aromatic nitrogens is 1. The van der Waals surface area contributed by atoms with E-state index < -0.39 is 0 Å². The Morgan fingerprint density at radius 2 is 1.89 bits per heavy atom. The molecule has 2 heterocycles. The molecule has 4 nitrogen and oxygen atoms in total. The molecule has 146 valence electrons. The molecule has 4 rings (SSSR count). The van der Waals surface area contributed by atoms with Crippen LogP contribution < -0.4 is 4.74 Å². The van der Waals surface area contributed by atoms with Crippen molar-refractivity contribution in [2.24, 2.45) is 0 Å². The molecule has 0 N–H and O–H groups in total. The fourth-order valence-corrected chi connectivity index (χ4v) is 4.17. The van der Waals surface area contributed by atoms with E-state index in [0.29, 0.717) is 6.61 Å². The van der Waals surface area contributed by atoms with Gasteiger partial charge in [0.25, 0.3) is 0 Å². The highest BCUT2D eigenvalue weighted by atomic mass is 32.1. The second-order valence-electron chi connectivity index (χ2n) is 6.76. The van der Waals surface area contributed by atoms with Gasteiger partial charge in [-0.2, -0.15) is 0 Å². The number of halogens is 1. The summed E-state index contributed by atoms with van der Waals surface area (Å²) in [7, 11) is 0. The Kier molecular flexibility index (Phi) is 6.00. The average Bonchev–Trinajstić information content (AvgIpc) is 3.11. The lowest BCUT2D eigenvalue weighted by molar-refractivity contribution is 0.0322. The molecule has 3 aromatic rings. The highest BCUT2D eigenvalue weighted by Gasteiger charge is 2.13.